The Labute approximate surface area is 187 Å². The van der Waals surface area contributed by atoms with E-state index in [1.54, 1.807) is 29.5 Å². The van der Waals surface area contributed by atoms with Crippen LogP contribution in [0.2, 0.25) is 0 Å². The molecule has 4 heterocycles. The molecular formula is C22H23BrN6O2. The molecule has 0 amide bonds. The molecule has 160 valence electrons. The monoisotopic (exact) mass is 482 g/mol. The molecule has 0 aliphatic carbocycles. The molecule has 3 aromatic heterocycles. The van der Waals surface area contributed by atoms with Gasteiger partial charge in [-0.25, -0.2) is 4.79 Å². The summed E-state index contributed by atoms with van der Waals surface area (Å²) in [4.78, 5) is 27.1. The van der Waals surface area contributed by atoms with E-state index >= 15 is 0 Å². The zero-order chi connectivity index (χ0) is 21.7. The summed E-state index contributed by atoms with van der Waals surface area (Å²) < 4.78 is 9.86. The van der Waals surface area contributed by atoms with Crippen molar-refractivity contribution < 1.29 is 4.74 Å². The molecule has 9 heteroatoms. The van der Waals surface area contributed by atoms with Crippen LogP contribution in [0.3, 0.4) is 0 Å². The minimum absolute atomic E-state index is 0.170. The van der Waals surface area contributed by atoms with E-state index in [4.69, 9.17) is 9.72 Å². The Morgan fingerprint density at radius 2 is 1.84 bits per heavy atom. The molecular weight excluding hydrogens is 460 g/mol. The van der Waals surface area contributed by atoms with Crippen molar-refractivity contribution in [3.05, 3.63) is 51.5 Å². The van der Waals surface area contributed by atoms with E-state index in [1.807, 2.05) is 30.3 Å². The van der Waals surface area contributed by atoms with Gasteiger partial charge in [0.25, 0.3) is 0 Å². The predicted molar refractivity (Wildman–Crippen MR) is 126 cm³/mol. The van der Waals surface area contributed by atoms with Gasteiger partial charge in [-0.3, -0.25) is 14.1 Å². The molecule has 0 radical (unpaired) electrons. The second-order valence-corrected chi connectivity index (χ2v) is 8.73. The maximum atomic E-state index is 13.3. The lowest BCUT2D eigenvalue weighted by molar-refractivity contribution is 0.311. The summed E-state index contributed by atoms with van der Waals surface area (Å²) >= 11 is 3.54. The number of halogens is 1. The summed E-state index contributed by atoms with van der Waals surface area (Å²) in [5.41, 5.74) is 2.79. The predicted octanol–water partition coefficient (Wildman–Crippen LogP) is 2.80. The number of rotatable bonds is 3. The molecule has 1 aliphatic rings. The summed E-state index contributed by atoms with van der Waals surface area (Å²) in [6.45, 7) is 3.79. The van der Waals surface area contributed by atoms with Gasteiger partial charge in [0.2, 0.25) is 5.88 Å². The Kier molecular flexibility index (Phi) is 4.94. The van der Waals surface area contributed by atoms with Crippen molar-refractivity contribution in [3.63, 3.8) is 0 Å². The van der Waals surface area contributed by atoms with Gasteiger partial charge in [-0.1, -0.05) is 15.9 Å². The van der Waals surface area contributed by atoms with Gasteiger partial charge in [0, 0.05) is 43.1 Å². The van der Waals surface area contributed by atoms with Crippen molar-refractivity contribution in [2.45, 2.75) is 0 Å². The number of hydrogen-bond acceptors (Lipinski definition) is 6. The molecule has 1 aromatic carbocycles. The Morgan fingerprint density at radius 3 is 2.58 bits per heavy atom. The molecule has 0 N–H and O–H groups in total. The fraction of sp³-hybridized carbons (Fsp3) is 0.318. The van der Waals surface area contributed by atoms with Crippen LogP contribution in [-0.2, 0) is 7.05 Å². The highest BCUT2D eigenvalue weighted by atomic mass is 79.9. The van der Waals surface area contributed by atoms with Gasteiger partial charge in [-0.15, -0.1) is 0 Å². The highest BCUT2D eigenvalue weighted by molar-refractivity contribution is 9.10. The van der Waals surface area contributed by atoms with Gasteiger partial charge >= 0.3 is 5.69 Å². The van der Waals surface area contributed by atoms with Crippen molar-refractivity contribution in [1.29, 1.82) is 0 Å². The number of ether oxygens (including phenoxy) is 1. The van der Waals surface area contributed by atoms with Crippen LogP contribution < -0.4 is 15.3 Å². The topological polar surface area (TPSA) is 68.4 Å². The summed E-state index contributed by atoms with van der Waals surface area (Å²) in [5, 5.41) is 0.884. The first-order chi connectivity index (χ1) is 15.0. The van der Waals surface area contributed by atoms with Crippen LogP contribution in [0.15, 0.2) is 45.8 Å². The Bertz CT molecular complexity index is 1350. The van der Waals surface area contributed by atoms with Gasteiger partial charge in [0.1, 0.15) is 11.5 Å². The second-order valence-electron chi connectivity index (χ2n) is 7.82. The van der Waals surface area contributed by atoms with Crippen LogP contribution in [-0.4, -0.2) is 64.3 Å². The van der Waals surface area contributed by atoms with E-state index in [-0.39, 0.29) is 5.69 Å². The number of likely N-dealkylation sites (N-methyl/N-ethyl adjacent to an activating group) is 1. The third-order valence-electron chi connectivity index (χ3n) is 5.93. The first kappa shape index (κ1) is 20.0. The summed E-state index contributed by atoms with van der Waals surface area (Å²) in [5.74, 6) is 1.28. The first-order valence-electron chi connectivity index (χ1n) is 10.1. The van der Waals surface area contributed by atoms with Gasteiger partial charge in [0.15, 0.2) is 0 Å². The smallest absolute Gasteiger partial charge is 0.333 e. The number of pyridine rings is 2. The van der Waals surface area contributed by atoms with Gasteiger partial charge in [0.05, 0.1) is 29.9 Å². The average molecular weight is 483 g/mol. The highest BCUT2D eigenvalue weighted by Crippen LogP contribution is 2.31. The molecule has 0 bridgehead atoms. The quantitative estimate of drug-likeness (QED) is 0.447. The number of nitrogens with zero attached hydrogens (tertiary/aromatic N) is 6. The van der Waals surface area contributed by atoms with Crippen LogP contribution in [0.1, 0.15) is 0 Å². The lowest BCUT2D eigenvalue weighted by Crippen LogP contribution is -2.44. The number of fused-ring (bicyclic) bond motifs is 3. The zero-order valence-corrected chi connectivity index (χ0v) is 19.3. The normalized spacial score (nSPS) is 15.2. The number of methoxy groups -OCH3 is 1. The number of aryl methyl sites for hydroxylation is 1. The molecule has 0 atom stereocenters. The fourth-order valence-electron chi connectivity index (χ4n) is 4.15. The Balaban J connectivity index is 1.73. The zero-order valence-electron chi connectivity index (χ0n) is 17.7. The van der Waals surface area contributed by atoms with Gasteiger partial charge in [-0.05, 0) is 37.4 Å². The van der Waals surface area contributed by atoms with E-state index in [1.165, 1.54) is 0 Å². The third kappa shape index (κ3) is 3.28. The van der Waals surface area contributed by atoms with Gasteiger partial charge < -0.3 is 14.5 Å². The van der Waals surface area contributed by atoms with Crippen LogP contribution >= 0.6 is 15.9 Å². The average Bonchev–Trinajstić information content (AvgIpc) is 3.04. The molecule has 1 saturated heterocycles. The fourth-order valence-corrected chi connectivity index (χ4v) is 4.51. The van der Waals surface area contributed by atoms with Crippen molar-refractivity contribution >= 4 is 43.7 Å². The molecule has 8 nitrogen and oxygen atoms in total. The van der Waals surface area contributed by atoms with Crippen molar-refractivity contribution in [2.24, 2.45) is 7.05 Å². The molecule has 1 fully saturated rings. The summed E-state index contributed by atoms with van der Waals surface area (Å²) in [6.07, 6.45) is 1.74. The number of piperazine rings is 1. The number of anilines is 1. The van der Waals surface area contributed by atoms with Crippen LogP contribution in [0.5, 0.6) is 5.88 Å². The van der Waals surface area contributed by atoms with Crippen LogP contribution in [0.25, 0.3) is 27.6 Å². The van der Waals surface area contributed by atoms with E-state index < -0.39 is 0 Å². The van der Waals surface area contributed by atoms with Crippen molar-refractivity contribution in [2.75, 3.05) is 45.2 Å². The molecule has 1 aliphatic heterocycles. The summed E-state index contributed by atoms with van der Waals surface area (Å²) in [6, 6.07) is 9.75. The lowest BCUT2D eigenvalue weighted by Gasteiger charge is -2.33. The molecule has 31 heavy (non-hydrogen) atoms. The van der Waals surface area contributed by atoms with Gasteiger partial charge in [-0.2, -0.15) is 4.98 Å². The third-order valence-corrected chi connectivity index (χ3v) is 6.43. The largest absolute Gasteiger partial charge is 0.479 e. The maximum absolute atomic E-state index is 13.3. The first-order valence-corrected chi connectivity index (χ1v) is 10.9. The number of imidazole rings is 1. The minimum Gasteiger partial charge on any atom is -0.479 e. The second kappa shape index (κ2) is 7.65. The minimum atomic E-state index is -0.170. The highest BCUT2D eigenvalue weighted by Gasteiger charge is 2.22. The van der Waals surface area contributed by atoms with E-state index in [0.29, 0.717) is 11.6 Å². The lowest BCUT2D eigenvalue weighted by atomic mass is 10.2. The van der Waals surface area contributed by atoms with Crippen molar-refractivity contribution in [1.82, 2.24) is 24.0 Å². The van der Waals surface area contributed by atoms with E-state index in [9.17, 15) is 4.79 Å². The summed E-state index contributed by atoms with van der Waals surface area (Å²) in [7, 11) is 5.47. The Morgan fingerprint density at radius 1 is 1.06 bits per heavy atom. The number of hydrogen-bond donors (Lipinski definition) is 0. The van der Waals surface area contributed by atoms with Crippen LogP contribution in [0.4, 0.5) is 5.82 Å². The molecule has 4 aromatic rings. The maximum Gasteiger partial charge on any atom is 0.333 e. The molecule has 0 spiro atoms. The molecule has 5 rings (SSSR count). The van der Waals surface area contributed by atoms with E-state index in [0.717, 1.165) is 58.4 Å². The number of benzene rings is 1. The van der Waals surface area contributed by atoms with Crippen LogP contribution in [0, 0.1) is 0 Å². The molecule has 0 saturated carbocycles. The molecule has 0 unspecified atom stereocenters. The Hall–Kier alpha value is -2.91. The number of aromatic nitrogens is 4. The SMILES string of the molecule is COc1nc(N2CCN(C)CC2)ccc1-n1c(=O)n(C)c2cnc3ccc(Br)cc3c21. The van der Waals surface area contributed by atoms with Crippen molar-refractivity contribution in [3.8, 4) is 11.6 Å². The van der Waals surface area contributed by atoms with E-state index in [2.05, 4.69) is 37.8 Å². The standard InChI is InChI=1S/C22H23BrN6O2/c1-26-8-10-28(11-9-26)19-7-6-17(21(25-19)31-3)29-20-15-12-14(23)4-5-16(15)24-13-18(20)27(2)22(29)30/h4-7,12-13H,8-11H2,1-3H3.